The topological polar surface area (TPSA) is 38.3 Å². The van der Waals surface area contributed by atoms with Crippen molar-refractivity contribution in [1.29, 1.82) is 0 Å². The molecule has 1 aliphatic rings. The first kappa shape index (κ1) is 15.0. The third kappa shape index (κ3) is 3.21. The van der Waals surface area contributed by atoms with Crippen molar-refractivity contribution in [2.24, 2.45) is 5.92 Å². The summed E-state index contributed by atoms with van der Waals surface area (Å²) in [4.78, 5) is 12.6. The molecule has 1 unspecified atom stereocenters. The standard InChI is InChI=1S/C17H25NO2/c1-11(2)20-16-8-7-15(12(3)13(16)4)17(19)14-6-5-9-18-10-14/h7-8,11,14,18H,5-6,9-10H2,1-4H3. The van der Waals surface area contributed by atoms with E-state index in [2.05, 4.69) is 5.32 Å². The smallest absolute Gasteiger partial charge is 0.167 e. The van der Waals surface area contributed by atoms with Gasteiger partial charge < -0.3 is 10.1 Å². The van der Waals surface area contributed by atoms with Crippen LogP contribution in [-0.2, 0) is 0 Å². The second-order valence-electron chi connectivity index (χ2n) is 5.94. The second-order valence-corrected chi connectivity index (χ2v) is 5.94. The third-order valence-electron chi connectivity index (χ3n) is 4.03. The highest BCUT2D eigenvalue weighted by Gasteiger charge is 2.24. The zero-order valence-corrected chi connectivity index (χ0v) is 13.0. The van der Waals surface area contributed by atoms with Crippen LogP contribution < -0.4 is 10.1 Å². The maximum Gasteiger partial charge on any atom is 0.167 e. The summed E-state index contributed by atoms with van der Waals surface area (Å²) >= 11 is 0. The number of nitrogens with one attached hydrogen (secondary N) is 1. The largest absolute Gasteiger partial charge is 0.491 e. The molecule has 1 saturated heterocycles. The minimum absolute atomic E-state index is 0.124. The molecule has 0 amide bonds. The van der Waals surface area contributed by atoms with Gasteiger partial charge in [0.25, 0.3) is 0 Å². The third-order valence-corrected chi connectivity index (χ3v) is 4.03. The second kappa shape index (κ2) is 6.40. The van der Waals surface area contributed by atoms with E-state index in [4.69, 9.17) is 4.74 Å². The Morgan fingerprint density at radius 3 is 2.65 bits per heavy atom. The van der Waals surface area contributed by atoms with Gasteiger partial charge >= 0.3 is 0 Å². The van der Waals surface area contributed by atoms with Crippen LogP contribution in [0.4, 0.5) is 0 Å². The Bertz CT molecular complexity index is 488. The van der Waals surface area contributed by atoms with Gasteiger partial charge in [0.15, 0.2) is 5.78 Å². The van der Waals surface area contributed by atoms with Gasteiger partial charge in [-0.15, -0.1) is 0 Å². The van der Waals surface area contributed by atoms with Crippen molar-refractivity contribution in [3.63, 3.8) is 0 Å². The lowest BCUT2D eigenvalue weighted by molar-refractivity contribution is 0.0899. The van der Waals surface area contributed by atoms with Crippen LogP contribution in [0.2, 0.25) is 0 Å². The summed E-state index contributed by atoms with van der Waals surface area (Å²) in [6.07, 6.45) is 2.23. The van der Waals surface area contributed by atoms with Crippen molar-refractivity contribution in [3.05, 3.63) is 28.8 Å². The predicted octanol–water partition coefficient (Wildman–Crippen LogP) is 3.27. The molecule has 2 rings (SSSR count). The number of Topliss-reactive ketones (excluding diaryl/α,β-unsaturated/α-hetero) is 1. The van der Waals surface area contributed by atoms with Gasteiger partial charge in [0.1, 0.15) is 5.75 Å². The zero-order valence-electron chi connectivity index (χ0n) is 13.0. The molecule has 0 saturated carbocycles. The summed E-state index contributed by atoms with van der Waals surface area (Å²) in [6.45, 7) is 9.92. The Hall–Kier alpha value is -1.35. The number of rotatable bonds is 4. The van der Waals surface area contributed by atoms with Crippen molar-refractivity contribution in [2.45, 2.75) is 46.6 Å². The molecule has 0 aromatic heterocycles. The van der Waals surface area contributed by atoms with Gasteiger partial charge in [-0.1, -0.05) is 0 Å². The number of carbonyl (C=O) groups is 1. The fourth-order valence-corrected chi connectivity index (χ4v) is 2.74. The zero-order chi connectivity index (χ0) is 14.7. The molecule has 1 atom stereocenters. The lowest BCUT2D eigenvalue weighted by Crippen LogP contribution is -2.34. The fraction of sp³-hybridized carbons (Fsp3) is 0.588. The molecule has 3 nitrogen and oxygen atoms in total. The predicted molar refractivity (Wildman–Crippen MR) is 81.6 cm³/mol. The van der Waals surface area contributed by atoms with Crippen LogP contribution in [0, 0.1) is 19.8 Å². The maximum atomic E-state index is 12.6. The van der Waals surface area contributed by atoms with Crippen molar-refractivity contribution in [2.75, 3.05) is 13.1 Å². The van der Waals surface area contributed by atoms with Gasteiger partial charge in [0, 0.05) is 18.0 Å². The first-order valence-corrected chi connectivity index (χ1v) is 7.52. The quantitative estimate of drug-likeness (QED) is 0.857. The molecular formula is C17H25NO2. The molecule has 110 valence electrons. The van der Waals surface area contributed by atoms with Gasteiger partial charge in [-0.2, -0.15) is 0 Å². The van der Waals surface area contributed by atoms with E-state index in [0.717, 1.165) is 48.4 Å². The van der Waals surface area contributed by atoms with Gasteiger partial charge in [-0.25, -0.2) is 0 Å². The summed E-state index contributed by atoms with van der Waals surface area (Å²) in [5, 5.41) is 3.31. The van der Waals surface area contributed by atoms with Crippen LogP contribution in [0.5, 0.6) is 5.75 Å². The number of carbonyl (C=O) groups excluding carboxylic acids is 1. The van der Waals surface area contributed by atoms with E-state index in [1.807, 2.05) is 39.8 Å². The molecule has 0 spiro atoms. The normalized spacial score (nSPS) is 19.1. The Morgan fingerprint density at radius 1 is 1.30 bits per heavy atom. The molecule has 1 aliphatic heterocycles. The summed E-state index contributed by atoms with van der Waals surface area (Å²) in [5.74, 6) is 1.28. The number of hydrogen-bond acceptors (Lipinski definition) is 3. The highest BCUT2D eigenvalue weighted by atomic mass is 16.5. The summed E-state index contributed by atoms with van der Waals surface area (Å²) < 4.78 is 5.78. The molecule has 3 heteroatoms. The van der Waals surface area contributed by atoms with Crippen molar-refractivity contribution in [1.82, 2.24) is 5.32 Å². The molecule has 0 bridgehead atoms. The maximum absolute atomic E-state index is 12.6. The van der Waals surface area contributed by atoms with Crippen LogP contribution in [0.3, 0.4) is 0 Å². The van der Waals surface area contributed by atoms with Crippen molar-refractivity contribution >= 4 is 5.78 Å². The monoisotopic (exact) mass is 275 g/mol. The number of hydrogen-bond donors (Lipinski definition) is 1. The molecule has 1 aromatic carbocycles. The molecule has 0 radical (unpaired) electrons. The molecule has 0 aliphatic carbocycles. The molecular weight excluding hydrogens is 250 g/mol. The summed E-state index contributed by atoms with van der Waals surface area (Å²) in [6, 6.07) is 3.86. The minimum Gasteiger partial charge on any atom is -0.491 e. The van der Waals surface area contributed by atoms with E-state index < -0.39 is 0 Å². The summed E-state index contributed by atoms with van der Waals surface area (Å²) in [5.41, 5.74) is 2.99. The molecule has 20 heavy (non-hydrogen) atoms. The fourth-order valence-electron chi connectivity index (χ4n) is 2.74. The average Bonchev–Trinajstić information content (AvgIpc) is 2.44. The highest BCUT2D eigenvalue weighted by Crippen LogP contribution is 2.28. The SMILES string of the molecule is Cc1c(OC(C)C)ccc(C(=O)C2CCCNC2)c1C. The lowest BCUT2D eigenvalue weighted by atomic mass is 9.88. The minimum atomic E-state index is 0.124. The first-order valence-electron chi connectivity index (χ1n) is 7.52. The van der Waals surface area contributed by atoms with Gasteiger partial charge in [0.05, 0.1) is 6.10 Å². The number of benzene rings is 1. The van der Waals surface area contributed by atoms with Gasteiger partial charge in [-0.3, -0.25) is 4.79 Å². The van der Waals surface area contributed by atoms with Crippen molar-refractivity contribution in [3.8, 4) is 5.75 Å². The van der Waals surface area contributed by atoms with Crippen LogP contribution in [0.15, 0.2) is 12.1 Å². The van der Waals surface area contributed by atoms with E-state index in [1.165, 1.54) is 0 Å². The van der Waals surface area contributed by atoms with E-state index in [0.29, 0.717) is 0 Å². The summed E-state index contributed by atoms with van der Waals surface area (Å²) in [7, 11) is 0. The molecule has 1 N–H and O–H groups in total. The van der Waals surface area contributed by atoms with Crippen molar-refractivity contribution < 1.29 is 9.53 Å². The van der Waals surface area contributed by atoms with E-state index in [-0.39, 0.29) is 17.8 Å². The molecule has 1 aromatic rings. The van der Waals surface area contributed by atoms with Gasteiger partial charge in [-0.05, 0) is 70.3 Å². The van der Waals surface area contributed by atoms with E-state index in [9.17, 15) is 4.79 Å². The van der Waals surface area contributed by atoms with E-state index in [1.54, 1.807) is 0 Å². The molecule has 1 heterocycles. The van der Waals surface area contributed by atoms with E-state index >= 15 is 0 Å². The Balaban J connectivity index is 2.24. The molecule has 1 fully saturated rings. The average molecular weight is 275 g/mol. The Kier molecular flexibility index (Phi) is 4.81. The Labute approximate surface area is 121 Å². The van der Waals surface area contributed by atoms with Crippen LogP contribution >= 0.6 is 0 Å². The van der Waals surface area contributed by atoms with Crippen LogP contribution in [0.1, 0.15) is 48.2 Å². The Morgan fingerprint density at radius 2 is 2.05 bits per heavy atom. The highest BCUT2D eigenvalue weighted by molar-refractivity contribution is 5.99. The van der Waals surface area contributed by atoms with Crippen LogP contribution in [-0.4, -0.2) is 25.0 Å². The first-order chi connectivity index (χ1) is 9.50. The lowest BCUT2D eigenvalue weighted by Gasteiger charge is -2.23. The van der Waals surface area contributed by atoms with Crippen LogP contribution in [0.25, 0.3) is 0 Å². The number of ether oxygens (including phenoxy) is 1. The van der Waals surface area contributed by atoms with Gasteiger partial charge in [0.2, 0.25) is 0 Å². The number of piperidine rings is 1. The number of ketones is 1.